The first-order valence-corrected chi connectivity index (χ1v) is 4.90. The van der Waals surface area contributed by atoms with Crippen LogP contribution in [-0.2, 0) is 4.74 Å². The molecule has 0 aromatic heterocycles. The SMILES string of the molecule is O=Cc1cccc(OCC2CNC(=O)O2)c1. The van der Waals surface area contributed by atoms with Gasteiger partial charge >= 0.3 is 6.09 Å². The van der Waals surface area contributed by atoms with Crippen molar-refractivity contribution in [2.45, 2.75) is 6.10 Å². The molecule has 0 saturated carbocycles. The van der Waals surface area contributed by atoms with Crippen LogP contribution in [0.15, 0.2) is 24.3 Å². The van der Waals surface area contributed by atoms with Crippen molar-refractivity contribution < 1.29 is 19.1 Å². The molecule has 1 atom stereocenters. The average molecular weight is 221 g/mol. The van der Waals surface area contributed by atoms with Gasteiger partial charge in [-0.25, -0.2) is 4.79 Å². The van der Waals surface area contributed by atoms with Crippen molar-refractivity contribution in [3.63, 3.8) is 0 Å². The van der Waals surface area contributed by atoms with Crippen molar-refractivity contribution in [2.75, 3.05) is 13.2 Å². The fourth-order valence-corrected chi connectivity index (χ4v) is 1.39. The highest BCUT2D eigenvalue weighted by Gasteiger charge is 2.22. The van der Waals surface area contributed by atoms with Crippen LogP contribution in [-0.4, -0.2) is 31.6 Å². The molecule has 1 aliphatic heterocycles. The maximum Gasteiger partial charge on any atom is 0.407 e. The number of benzene rings is 1. The van der Waals surface area contributed by atoms with E-state index in [0.717, 1.165) is 6.29 Å². The fourth-order valence-electron chi connectivity index (χ4n) is 1.39. The molecule has 5 nitrogen and oxygen atoms in total. The highest BCUT2D eigenvalue weighted by Crippen LogP contribution is 2.13. The summed E-state index contributed by atoms with van der Waals surface area (Å²) < 4.78 is 10.3. The van der Waals surface area contributed by atoms with Crippen LogP contribution in [0.1, 0.15) is 10.4 Å². The second kappa shape index (κ2) is 4.65. The van der Waals surface area contributed by atoms with Crippen LogP contribution in [0.4, 0.5) is 4.79 Å². The lowest BCUT2D eigenvalue weighted by atomic mass is 10.2. The van der Waals surface area contributed by atoms with Gasteiger partial charge in [-0.05, 0) is 12.1 Å². The van der Waals surface area contributed by atoms with Gasteiger partial charge in [0.05, 0.1) is 6.54 Å². The number of carbonyl (C=O) groups is 2. The normalized spacial score (nSPS) is 18.8. The Hall–Kier alpha value is -2.04. The number of hydrogen-bond acceptors (Lipinski definition) is 4. The molecule has 0 radical (unpaired) electrons. The Bertz CT molecular complexity index is 405. The Morgan fingerprint density at radius 2 is 2.44 bits per heavy atom. The Balaban J connectivity index is 1.89. The molecule has 84 valence electrons. The van der Waals surface area contributed by atoms with Crippen LogP contribution in [0.25, 0.3) is 0 Å². The lowest BCUT2D eigenvalue weighted by Gasteiger charge is -2.10. The van der Waals surface area contributed by atoms with Crippen molar-refractivity contribution in [1.29, 1.82) is 0 Å². The molecule has 1 fully saturated rings. The number of carbonyl (C=O) groups excluding carboxylic acids is 2. The Labute approximate surface area is 92.4 Å². The molecule has 1 unspecified atom stereocenters. The van der Waals surface area contributed by atoms with E-state index in [4.69, 9.17) is 9.47 Å². The van der Waals surface area contributed by atoms with Gasteiger partial charge in [0.25, 0.3) is 0 Å². The molecule has 1 saturated heterocycles. The molecule has 1 heterocycles. The van der Waals surface area contributed by atoms with E-state index in [0.29, 0.717) is 17.9 Å². The highest BCUT2D eigenvalue weighted by atomic mass is 16.6. The number of cyclic esters (lactones) is 1. The van der Waals surface area contributed by atoms with Gasteiger partial charge in [0.1, 0.15) is 18.6 Å². The summed E-state index contributed by atoms with van der Waals surface area (Å²) in [5.74, 6) is 0.590. The van der Waals surface area contributed by atoms with Crippen molar-refractivity contribution >= 4 is 12.4 Å². The maximum absolute atomic E-state index is 10.7. The van der Waals surface area contributed by atoms with E-state index in [1.54, 1.807) is 24.3 Å². The molecule has 1 aliphatic rings. The van der Waals surface area contributed by atoms with Gasteiger partial charge in [0.15, 0.2) is 6.10 Å². The number of amides is 1. The predicted molar refractivity (Wildman–Crippen MR) is 55.6 cm³/mol. The van der Waals surface area contributed by atoms with Crippen molar-refractivity contribution in [3.05, 3.63) is 29.8 Å². The fraction of sp³-hybridized carbons (Fsp3) is 0.273. The quantitative estimate of drug-likeness (QED) is 0.770. The predicted octanol–water partition coefficient (Wildman–Crippen LogP) is 0.986. The van der Waals surface area contributed by atoms with Crippen molar-refractivity contribution in [3.8, 4) is 5.75 Å². The summed E-state index contributed by atoms with van der Waals surface area (Å²) in [6, 6.07) is 6.81. The third kappa shape index (κ3) is 2.50. The van der Waals surface area contributed by atoms with Gasteiger partial charge in [-0.15, -0.1) is 0 Å². The summed E-state index contributed by atoms with van der Waals surface area (Å²) in [6.45, 7) is 0.729. The lowest BCUT2D eigenvalue weighted by Crippen LogP contribution is -2.21. The van der Waals surface area contributed by atoms with E-state index >= 15 is 0 Å². The molecule has 5 heteroatoms. The second-order valence-corrected chi connectivity index (χ2v) is 3.41. The van der Waals surface area contributed by atoms with Crippen LogP contribution < -0.4 is 10.1 Å². The molecule has 1 amide bonds. The largest absolute Gasteiger partial charge is 0.490 e. The topological polar surface area (TPSA) is 64.6 Å². The number of ether oxygens (including phenoxy) is 2. The summed E-state index contributed by atoms with van der Waals surface area (Å²) in [5.41, 5.74) is 0.555. The third-order valence-electron chi connectivity index (χ3n) is 2.18. The molecule has 1 aromatic carbocycles. The molecule has 1 aromatic rings. The van der Waals surface area contributed by atoms with E-state index in [1.807, 2.05) is 0 Å². The van der Waals surface area contributed by atoms with Crippen LogP contribution >= 0.6 is 0 Å². The molecule has 2 rings (SSSR count). The highest BCUT2D eigenvalue weighted by molar-refractivity contribution is 5.75. The minimum Gasteiger partial charge on any atom is -0.490 e. The Kier molecular flexibility index (Phi) is 3.05. The number of hydrogen-bond donors (Lipinski definition) is 1. The Morgan fingerprint density at radius 3 is 3.12 bits per heavy atom. The van der Waals surface area contributed by atoms with Gasteiger partial charge in [-0.1, -0.05) is 12.1 Å². The van der Waals surface area contributed by atoms with Gasteiger partial charge in [-0.2, -0.15) is 0 Å². The summed E-state index contributed by atoms with van der Waals surface area (Å²) >= 11 is 0. The van der Waals surface area contributed by atoms with Gasteiger partial charge in [0, 0.05) is 5.56 Å². The van der Waals surface area contributed by atoms with Gasteiger partial charge < -0.3 is 14.8 Å². The van der Waals surface area contributed by atoms with E-state index < -0.39 is 6.09 Å². The number of rotatable bonds is 4. The smallest absolute Gasteiger partial charge is 0.407 e. The molecule has 1 N–H and O–H groups in total. The molecule has 0 spiro atoms. The summed E-state index contributed by atoms with van der Waals surface area (Å²) in [7, 11) is 0. The van der Waals surface area contributed by atoms with E-state index in [-0.39, 0.29) is 12.7 Å². The van der Waals surface area contributed by atoms with Crippen LogP contribution in [0.2, 0.25) is 0 Å². The van der Waals surface area contributed by atoms with Crippen molar-refractivity contribution in [2.24, 2.45) is 0 Å². The average Bonchev–Trinajstić information content (AvgIpc) is 2.73. The Morgan fingerprint density at radius 1 is 1.56 bits per heavy atom. The molecule has 16 heavy (non-hydrogen) atoms. The number of nitrogens with one attached hydrogen (secondary N) is 1. The van der Waals surface area contributed by atoms with Gasteiger partial charge in [0.2, 0.25) is 0 Å². The van der Waals surface area contributed by atoms with Crippen LogP contribution in [0.5, 0.6) is 5.75 Å². The first-order chi connectivity index (χ1) is 7.78. The van der Waals surface area contributed by atoms with E-state index in [1.165, 1.54) is 0 Å². The van der Waals surface area contributed by atoms with E-state index in [9.17, 15) is 9.59 Å². The second-order valence-electron chi connectivity index (χ2n) is 3.41. The zero-order chi connectivity index (χ0) is 11.4. The number of aldehydes is 1. The van der Waals surface area contributed by atoms with Crippen LogP contribution in [0.3, 0.4) is 0 Å². The minimum absolute atomic E-state index is 0.271. The summed E-state index contributed by atoms with van der Waals surface area (Å²) in [5, 5.41) is 2.53. The zero-order valence-corrected chi connectivity index (χ0v) is 8.51. The molecular formula is C11H11NO4. The monoisotopic (exact) mass is 221 g/mol. The van der Waals surface area contributed by atoms with Crippen molar-refractivity contribution in [1.82, 2.24) is 5.32 Å². The first kappa shape index (κ1) is 10.5. The third-order valence-corrected chi connectivity index (χ3v) is 2.18. The standard InChI is InChI=1S/C11H11NO4/c13-6-8-2-1-3-9(4-8)15-7-10-5-12-11(14)16-10/h1-4,6,10H,5,7H2,(H,12,14). The lowest BCUT2D eigenvalue weighted by molar-refractivity contribution is 0.105. The minimum atomic E-state index is -0.421. The van der Waals surface area contributed by atoms with Gasteiger partial charge in [-0.3, -0.25) is 4.79 Å². The summed E-state index contributed by atoms with van der Waals surface area (Å²) in [6.07, 6.45) is 0.0620. The zero-order valence-electron chi connectivity index (χ0n) is 8.51. The summed E-state index contributed by atoms with van der Waals surface area (Å²) in [4.78, 5) is 21.3. The molecular weight excluding hydrogens is 210 g/mol. The molecule has 0 aliphatic carbocycles. The first-order valence-electron chi connectivity index (χ1n) is 4.90. The van der Waals surface area contributed by atoms with Crippen LogP contribution in [0, 0.1) is 0 Å². The number of alkyl carbamates (subject to hydrolysis) is 1. The van der Waals surface area contributed by atoms with E-state index in [2.05, 4.69) is 5.32 Å². The maximum atomic E-state index is 10.7. The molecule has 0 bridgehead atoms.